The Kier molecular flexibility index (Phi) is 5.93. The number of aromatic amines is 1. The molecule has 0 saturated heterocycles. The first-order chi connectivity index (χ1) is 19.2. The van der Waals surface area contributed by atoms with Crippen LogP contribution in [0, 0.1) is 11.3 Å². The summed E-state index contributed by atoms with van der Waals surface area (Å²) in [6.45, 7) is 0. The number of hydrogen-bond acceptors (Lipinski definition) is 4. The summed E-state index contributed by atoms with van der Waals surface area (Å²) in [4.78, 5) is 7.15. The van der Waals surface area contributed by atoms with Gasteiger partial charge in [0.05, 0.1) is 21.5 Å². The second-order valence-corrected chi connectivity index (χ2v) is 11.0. The summed E-state index contributed by atoms with van der Waals surface area (Å²) in [5, 5.41) is 10.7. The number of nitrogens with one attached hydrogen (secondary N) is 1. The molecule has 0 aliphatic rings. The topological polar surface area (TPSA) is 86.6 Å². The van der Waals surface area contributed by atoms with E-state index in [1.165, 1.54) is 24.3 Å². The van der Waals surface area contributed by atoms with Gasteiger partial charge in [-0.1, -0.05) is 66.7 Å². The van der Waals surface area contributed by atoms with Crippen molar-refractivity contribution in [2.45, 2.75) is 16.1 Å². The van der Waals surface area contributed by atoms with Crippen molar-refractivity contribution in [3.05, 3.63) is 114 Å². The van der Waals surface area contributed by atoms with Crippen molar-refractivity contribution in [2.75, 3.05) is 0 Å². The summed E-state index contributed by atoms with van der Waals surface area (Å²) in [5.41, 5.74) is 1.22. The lowest BCUT2D eigenvalue weighted by atomic mass is 9.93. The smallest absolute Gasteiger partial charge is 0.345 e. The van der Waals surface area contributed by atoms with Crippen LogP contribution in [0.15, 0.2) is 113 Å². The van der Waals surface area contributed by atoms with E-state index in [9.17, 15) is 26.9 Å². The molecule has 0 aliphatic carbocycles. The molecule has 0 aliphatic heterocycles. The van der Waals surface area contributed by atoms with Crippen molar-refractivity contribution < 1.29 is 21.6 Å². The van der Waals surface area contributed by atoms with Crippen molar-refractivity contribution >= 4 is 31.6 Å². The Morgan fingerprint density at radius 1 is 0.775 bits per heavy atom. The predicted octanol–water partition coefficient (Wildman–Crippen LogP) is 7.77. The van der Waals surface area contributed by atoms with Crippen LogP contribution in [-0.2, 0) is 16.0 Å². The fourth-order valence-electron chi connectivity index (χ4n) is 5.00. The van der Waals surface area contributed by atoms with Crippen LogP contribution in [0.5, 0.6) is 0 Å². The average Bonchev–Trinajstić information content (AvgIpc) is 3.37. The van der Waals surface area contributed by atoms with Crippen LogP contribution < -0.4 is 0 Å². The highest BCUT2D eigenvalue weighted by atomic mass is 32.2. The van der Waals surface area contributed by atoms with Gasteiger partial charge in [-0.2, -0.15) is 18.4 Å². The molecule has 2 aromatic heterocycles. The zero-order chi connectivity index (χ0) is 28.1. The lowest BCUT2D eigenvalue weighted by Gasteiger charge is -2.14. The first-order valence-corrected chi connectivity index (χ1v) is 13.6. The van der Waals surface area contributed by atoms with E-state index in [0.717, 1.165) is 12.3 Å². The minimum atomic E-state index is -4.63. The first-order valence-electron chi connectivity index (χ1n) is 12.1. The van der Waals surface area contributed by atoms with E-state index in [4.69, 9.17) is 0 Å². The number of rotatable bonds is 4. The molecule has 0 fully saturated rings. The zero-order valence-corrected chi connectivity index (χ0v) is 21.4. The van der Waals surface area contributed by atoms with Gasteiger partial charge in [0.25, 0.3) is 0 Å². The SMILES string of the molecule is N#Cc1cnc2c(C(F)(F)F)cccc2c1-c1cccc(-c2c(S(=O)(=O)c3ccccc3)[nH]c3ccccc23)c1. The number of nitrogens with zero attached hydrogens (tertiary/aromatic N) is 2. The fraction of sp³-hybridized carbons (Fsp3) is 0.0323. The minimum Gasteiger partial charge on any atom is -0.345 e. The predicted molar refractivity (Wildman–Crippen MR) is 146 cm³/mol. The quantitative estimate of drug-likeness (QED) is 0.242. The number of hydrogen-bond donors (Lipinski definition) is 1. The van der Waals surface area contributed by atoms with E-state index in [0.29, 0.717) is 27.6 Å². The Morgan fingerprint density at radius 3 is 2.15 bits per heavy atom. The molecule has 1 N–H and O–H groups in total. The van der Waals surface area contributed by atoms with Gasteiger partial charge in [-0.15, -0.1) is 0 Å². The Morgan fingerprint density at radius 2 is 1.43 bits per heavy atom. The van der Waals surface area contributed by atoms with Gasteiger partial charge in [0, 0.05) is 33.6 Å². The molecule has 9 heteroatoms. The number of sulfone groups is 1. The third-order valence-electron chi connectivity index (χ3n) is 6.76. The largest absolute Gasteiger partial charge is 0.418 e. The van der Waals surface area contributed by atoms with E-state index in [1.54, 1.807) is 66.7 Å². The molecule has 0 bridgehead atoms. The van der Waals surface area contributed by atoms with Gasteiger partial charge in [0.1, 0.15) is 11.1 Å². The third kappa shape index (κ3) is 4.10. The molecule has 4 aromatic carbocycles. The Hall–Kier alpha value is -4.94. The van der Waals surface area contributed by atoms with Gasteiger partial charge < -0.3 is 4.98 Å². The summed E-state index contributed by atoms with van der Waals surface area (Å²) in [6, 6.07) is 27.8. The Labute approximate surface area is 227 Å². The number of nitriles is 1. The molecule has 5 nitrogen and oxygen atoms in total. The first kappa shape index (κ1) is 25.3. The van der Waals surface area contributed by atoms with Crippen LogP contribution in [0.4, 0.5) is 13.2 Å². The second-order valence-electron chi connectivity index (χ2n) is 9.13. The molecule has 0 radical (unpaired) electrons. The van der Waals surface area contributed by atoms with Crippen LogP contribution in [0.25, 0.3) is 44.1 Å². The van der Waals surface area contributed by atoms with Crippen LogP contribution in [0.3, 0.4) is 0 Å². The summed E-state index contributed by atoms with van der Waals surface area (Å²) in [6.07, 6.45) is -3.50. The molecule has 6 aromatic rings. The van der Waals surface area contributed by atoms with Crippen LogP contribution in [-0.4, -0.2) is 18.4 Å². The maximum Gasteiger partial charge on any atom is 0.418 e. The number of benzene rings is 4. The molecule has 0 atom stereocenters. The molecule has 196 valence electrons. The second kappa shape index (κ2) is 9.36. The summed E-state index contributed by atoms with van der Waals surface area (Å²) in [7, 11) is -3.97. The molecule has 0 unspecified atom stereocenters. The van der Waals surface area contributed by atoms with E-state index in [2.05, 4.69) is 9.97 Å². The van der Waals surface area contributed by atoms with Crippen LogP contribution >= 0.6 is 0 Å². The highest BCUT2D eigenvalue weighted by molar-refractivity contribution is 7.91. The van der Waals surface area contributed by atoms with E-state index < -0.39 is 21.6 Å². The minimum absolute atomic E-state index is 0.00324. The van der Waals surface area contributed by atoms with Gasteiger partial charge in [0.2, 0.25) is 9.84 Å². The maximum absolute atomic E-state index is 13.8. The van der Waals surface area contributed by atoms with Crippen LogP contribution in [0.1, 0.15) is 11.1 Å². The van der Waals surface area contributed by atoms with Gasteiger partial charge in [-0.25, -0.2) is 8.42 Å². The van der Waals surface area contributed by atoms with Crippen molar-refractivity contribution in [2.24, 2.45) is 0 Å². The molecule has 2 heterocycles. The Bertz CT molecular complexity index is 2080. The number of alkyl halides is 3. The van der Waals surface area contributed by atoms with Crippen molar-refractivity contribution in [3.63, 3.8) is 0 Å². The Balaban J connectivity index is 1.63. The lowest BCUT2D eigenvalue weighted by molar-refractivity contribution is -0.136. The summed E-state index contributed by atoms with van der Waals surface area (Å²) < 4.78 is 68.8. The van der Waals surface area contributed by atoms with E-state index in [-0.39, 0.29) is 32.0 Å². The number of para-hydroxylation sites is 2. The van der Waals surface area contributed by atoms with Crippen molar-refractivity contribution in [1.82, 2.24) is 9.97 Å². The normalized spacial score (nSPS) is 12.1. The van der Waals surface area contributed by atoms with Crippen LogP contribution in [0.2, 0.25) is 0 Å². The van der Waals surface area contributed by atoms with Gasteiger partial charge in [0.15, 0.2) is 0 Å². The highest BCUT2D eigenvalue weighted by Gasteiger charge is 2.34. The molecule has 0 spiro atoms. The third-order valence-corrected chi connectivity index (χ3v) is 8.49. The number of halogens is 3. The molecular weight excluding hydrogens is 535 g/mol. The van der Waals surface area contributed by atoms with E-state index >= 15 is 0 Å². The highest BCUT2D eigenvalue weighted by Crippen LogP contribution is 2.42. The van der Waals surface area contributed by atoms with Gasteiger partial charge in [-0.05, 0) is 41.5 Å². The number of pyridine rings is 1. The number of aromatic nitrogens is 2. The van der Waals surface area contributed by atoms with Gasteiger partial charge >= 0.3 is 6.18 Å². The molecule has 6 rings (SSSR count). The number of H-pyrrole nitrogens is 1. The average molecular weight is 554 g/mol. The molecule has 40 heavy (non-hydrogen) atoms. The summed E-state index contributed by atoms with van der Waals surface area (Å²) in [5.74, 6) is 0. The van der Waals surface area contributed by atoms with E-state index in [1.807, 2.05) is 6.07 Å². The summed E-state index contributed by atoms with van der Waals surface area (Å²) >= 11 is 0. The zero-order valence-electron chi connectivity index (χ0n) is 20.6. The molecular formula is C31H18F3N3O2S. The number of fused-ring (bicyclic) bond motifs is 2. The monoisotopic (exact) mass is 553 g/mol. The van der Waals surface area contributed by atoms with Gasteiger partial charge in [-0.3, -0.25) is 4.98 Å². The maximum atomic E-state index is 13.8. The molecule has 0 amide bonds. The molecule has 0 saturated carbocycles. The lowest BCUT2D eigenvalue weighted by Crippen LogP contribution is -2.07. The fourth-order valence-corrected chi connectivity index (χ4v) is 6.49. The van der Waals surface area contributed by atoms with Crippen molar-refractivity contribution in [1.29, 1.82) is 5.26 Å². The standard InChI is InChI=1S/C31H18F3N3O2S/c32-31(33,34)25-14-7-13-24-27(21(17-35)18-36-29(24)25)19-8-6-9-20(16-19)28-23-12-4-5-15-26(23)37-30(28)40(38,39)22-10-2-1-3-11-22/h1-16,18,37H. The van der Waals surface area contributed by atoms with Crippen molar-refractivity contribution in [3.8, 4) is 28.3 Å².